The third-order valence-corrected chi connectivity index (χ3v) is 5.17. The topological polar surface area (TPSA) is 61.4 Å². The van der Waals surface area contributed by atoms with Gasteiger partial charge in [-0.1, -0.05) is 18.2 Å². The number of anilines is 2. The van der Waals surface area contributed by atoms with E-state index in [0.717, 1.165) is 45.2 Å². The molecule has 0 radical (unpaired) electrons. The normalized spacial score (nSPS) is 15.6. The summed E-state index contributed by atoms with van der Waals surface area (Å²) in [5, 5.41) is 5.86. The number of fused-ring (bicyclic) bond motifs is 1. The van der Waals surface area contributed by atoms with Gasteiger partial charge in [0.25, 0.3) is 5.91 Å². The lowest BCUT2D eigenvalue weighted by Gasteiger charge is -2.18. The average molecular weight is 349 g/mol. The number of likely N-dealkylation sites (tertiary alicyclic amines) is 1. The lowest BCUT2D eigenvalue weighted by atomic mass is 10.1. The zero-order chi connectivity index (χ0) is 17.9. The number of carbonyl (C=O) groups is 2. The molecule has 1 aliphatic heterocycles. The van der Waals surface area contributed by atoms with Crippen LogP contribution in [-0.2, 0) is 12.8 Å². The molecule has 2 aromatic carbocycles. The molecule has 5 nitrogen and oxygen atoms in total. The first kappa shape index (κ1) is 16.6. The van der Waals surface area contributed by atoms with Crippen molar-refractivity contribution in [3.05, 3.63) is 59.2 Å². The predicted molar refractivity (Wildman–Crippen MR) is 103 cm³/mol. The van der Waals surface area contributed by atoms with Gasteiger partial charge in [-0.15, -0.1) is 0 Å². The van der Waals surface area contributed by atoms with Crippen molar-refractivity contribution in [3.8, 4) is 0 Å². The van der Waals surface area contributed by atoms with E-state index in [1.165, 1.54) is 11.1 Å². The number of hydrogen-bond donors (Lipinski definition) is 2. The molecule has 1 saturated heterocycles. The van der Waals surface area contributed by atoms with E-state index in [0.29, 0.717) is 16.9 Å². The zero-order valence-electron chi connectivity index (χ0n) is 14.8. The van der Waals surface area contributed by atoms with Crippen molar-refractivity contribution in [1.29, 1.82) is 0 Å². The first-order valence-electron chi connectivity index (χ1n) is 9.29. The maximum absolute atomic E-state index is 12.7. The molecule has 1 heterocycles. The maximum atomic E-state index is 12.7. The molecule has 0 spiro atoms. The Labute approximate surface area is 153 Å². The van der Waals surface area contributed by atoms with Gasteiger partial charge in [0, 0.05) is 18.7 Å². The van der Waals surface area contributed by atoms with Crippen LogP contribution in [0.3, 0.4) is 0 Å². The summed E-state index contributed by atoms with van der Waals surface area (Å²) in [6.07, 6.45) is 5.39. The van der Waals surface area contributed by atoms with Gasteiger partial charge in [0.2, 0.25) is 0 Å². The molecule has 0 unspecified atom stereocenters. The Morgan fingerprint density at radius 3 is 2.27 bits per heavy atom. The summed E-state index contributed by atoms with van der Waals surface area (Å²) >= 11 is 0. The standard InChI is InChI=1S/C21H23N3O2/c25-20(17-11-10-15-6-5-7-16(15)14-17)22-18-8-1-2-9-19(18)23-21(26)24-12-3-4-13-24/h1-2,8-11,14H,3-7,12-13H2,(H,22,25)(H,23,26). The van der Waals surface area contributed by atoms with E-state index < -0.39 is 0 Å². The molecule has 1 aliphatic carbocycles. The number of para-hydroxylation sites is 2. The van der Waals surface area contributed by atoms with Crippen LogP contribution >= 0.6 is 0 Å². The number of rotatable bonds is 3. The van der Waals surface area contributed by atoms with Crippen molar-refractivity contribution in [1.82, 2.24) is 4.90 Å². The van der Waals surface area contributed by atoms with Crippen LogP contribution in [0.2, 0.25) is 0 Å². The number of nitrogens with zero attached hydrogens (tertiary/aromatic N) is 1. The highest BCUT2D eigenvalue weighted by Gasteiger charge is 2.19. The van der Waals surface area contributed by atoms with Gasteiger partial charge in [-0.2, -0.15) is 0 Å². The van der Waals surface area contributed by atoms with Gasteiger partial charge in [0.1, 0.15) is 0 Å². The molecule has 0 saturated carbocycles. The van der Waals surface area contributed by atoms with Gasteiger partial charge in [-0.3, -0.25) is 4.79 Å². The fourth-order valence-electron chi connectivity index (χ4n) is 3.72. The molecule has 2 aliphatic rings. The molecular formula is C21H23N3O2. The van der Waals surface area contributed by atoms with Gasteiger partial charge >= 0.3 is 6.03 Å². The van der Waals surface area contributed by atoms with Crippen molar-refractivity contribution >= 4 is 23.3 Å². The second-order valence-corrected chi connectivity index (χ2v) is 6.96. The highest BCUT2D eigenvalue weighted by molar-refractivity contribution is 6.07. The molecule has 5 heteroatoms. The Morgan fingerprint density at radius 2 is 1.50 bits per heavy atom. The molecule has 0 aromatic heterocycles. The number of carbonyl (C=O) groups excluding carboxylic acids is 2. The number of hydrogen-bond acceptors (Lipinski definition) is 2. The van der Waals surface area contributed by atoms with E-state index in [1.807, 2.05) is 36.4 Å². The third kappa shape index (κ3) is 3.43. The Bertz CT molecular complexity index is 841. The number of benzene rings is 2. The van der Waals surface area contributed by atoms with Gasteiger partial charge < -0.3 is 15.5 Å². The number of amides is 3. The minimum Gasteiger partial charge on any atom is -0.325 e. The van der Waals surface area contributed by atoms with Crippen molar-refractivity contribution < 1.29 is 9.59 Å². The van der Waals surface area contributed by atoms with E-state index in [9.17, 15) is 9.59 Å². The van der Waals surface area contributed by atoms with Gasteiger partial charge in [0.15, 0.2) is 0 Å². The maximum Gasteiger partial charge on any atom is 0.321 e. The fourth-order valence-corrected chi connectivity index (χ4v) is 3.72. The first-order chi connectivity index (χ1) is 12.7. The van der Waals surface area contributed by atoms with E-state index in [1.54, 1.807) is 4.90 Å². The van der Waals surface area contributed by atoms with Crippen LogP contribution in [0, 0.1) is 0 Å². The number of aryl methyl sites for hydroxylation is 2. The summed E-state index contributed by atoms with van der Waals surface area (Å²) in [5.74, 6) is -0.150. The molecular weight excluding hydrogens is 326 g/mol. The van der Waals surface area contributed by atoms with Gasteiger partial charge in [-0.05, 0) is 67.5 Å². The van der Waals surface area contributed by atoms with Crippen LogP contribution in [0.4, 0.5) is 16.2 Å². The lowest BCUT2D eigenvalue weighted by Crippen LogP contribution is -2.32. The fraction of sp³-hybridized carbons (Fsp3) is 0.333. The van der Waals surface area contributed by atoms with E-state index >= 15 is 0 Å². The monoisotopic (exact) mass is 349 g/mol. The third-order valence-electron chi connectivity index (χ3n) is 5.17. The second-order valence-electron chi connectivity index (χ2n) is 6.96. The summed E-state index contributed by atoms with van der Waals surface area (Å²) in [6.45, 7) is 1.57. The first-order valence-corrected chi connectivity index (χ1v) is 9.29. The largest absolute Gasteiger partial charge is 0.325 e. The summed E-state index contributed by atoms with van der Waals surface area (Å²) in [4.78, 5) is 26.8. The molecule has 1 fully saturated rings. The second kappa shape index (κ2) is 7.20. The van der Waals surface area contributed by atoms with Crippen molar-refractivity contribution in [2.24, 2.45) is 0 Å². The Kier molecular flexibility index (Phi) is 4.61. The molecule has 2 aromatic rings. The number of urea groups is 1. The molecule has 0 bridgehead atoms. The van der Waals surface area contributed by atoms with Gasteiger partial charge in [0.05, 0.1) is 11.4 Å². The van der Waals surface area contributed by atoms with Crippen LogP contribution in [0.25, 0.3) is 0 Å². The highest BCUT2D eigenvalue weighted by atomic mass is 16.2. The minimum atomic E-state index is -0.150. The summed E-state index contributed by atoms with van der Waals surface area (Å²) in [5.41, 5.74) is 4.52. The summed E-state index contributed by atoms with van der Waals surface area (Å²) in [7, 11) is 0. The molecule has 4 rings (SSSR count). The van der Waals surface area contributed by atoms with Crippen LogP contribution in [0.5, 0.6) is 0 Å². The SMILES string of the molecule is O=C(Nc1ccccc1NC(=O)N1CCCC1)c1ccc2c(c1)CCC2. The van der Waals surface area contributed by atoms with Crippen molar-refractivity contribution in [2.45, 2.75) is 32.1 Å². The Balaban J connectivity index is 1.49. The van der Waals surface area contributed by atoms with Gasteiger partial charge in [-0.25, -0.2) is 4.79 Å². The Morgan fingerprint density at radius 1 is 0.808 bits per heavy atom. The molecule has 0 atom stereocenters. The zero-order valence-corrected chi connectivity index (χ0v) is 14.8. The Hall–Kier alpha value is -2.82. The minimum absolute atomic E-state index is 0.110. The lowest BCUT2D eigenvalue weighted by molar-refractivity contribution is 0.102. The van der Waals surface area contributed by atoms with E-state index in [2.05, 4.69) is 16.7 Å². The summed E-state index contributed by atoms with van der Waals surface area (Å²) < 4.78 is 0. The van der Waals surface area contributed by atoms with E-state index in [4.69, 9.17) is 0 Å². The van der Waals surface area contributed by atoms with Crippen LogP contribution in [0.15, 0.2) is 42.5 Å². The van der Waals surface area contributed by atoms with Crippen LogP contribution in [0.1, 0.15) is 40.7 Å². The van der Waals surface area contributed by atoms with Crippen molar-refractivity contribution in [2.75, 3.05) is 23.7 Å². The molecule has 3 amide bonds. The smallest absolute Gasteiger partial charge is 0.321 e. The van der Waals surface area contributed by atoms with Crippen molar-refractivity contribution in [3.63, 3.8) is 0 Å². The van der Waals surface area contributed by atoms with Crippen LogP contribution in [-0.4, -0.2) is 29.9 Å². The number of nitrogens with one attached hydrogen (secondary N) is 2. The summed E-state index contributed by atoms with van der Waals surface area (Å²) in [6, 6.07) is 13.1. The molecule has 26 heavy (non-hydrogen) atoms. The van der Waals surface area contributed by atoms with Crippen LogP contribution < -0.4 is 10.6 Å². The molecule has 134 valence electrons. The average Bonchev–Trinajstić information content (AvgIpc) is 3.34. The molecule has 2 N–H and O–H groups in total. The quantitative estimate of drug-likeness (QED) is 0.878. The highest BCUT2D eigenvalue weighted by Crippen LogP contribution is 2.25. The van der Waals surface area contributed by atoms with E-state index in [-0.39, 0.29) is 11.9 Å². The predicted octanol–water partition coefficient (Wildman–Crippen LogP) is 4.06.